The zero-order chi connectivity index (χ0) is 19.0. The molecule has 0 aliphatic carbocycles. The van der Waals surface area contributed by atoms with Crippen LogP contribution in [-0.2, 0) is 15.1 Å². The summed E-state index contributed by atoms with van der Waals surface area (Å²) in [5.74, 6) is 0. The smallest absolute Gasteiger partial charge is 0.410 e. The molecular formula is C24H21NO3. The van der Waals surface area contributed by atoms with Gasteiger partial charge in [0.25, 0.3) is 0 Å². The first kappa shape index (κ1) is 17.0. The van der Waals surface area contributed by atoms with Crippen LogP contribution < -0.4 is 0 Å². The number of fused-ring (bicyclic) bond motifs is 1. The van der Waals surface area contributed by atoms with Gasteiger partial charge in [0, 0.05) is 6.54 Å². The second-order valence-corrected chi connectivity index (χ2v) is 7.23. The number of amides is 1. The second kappa shape index (κ2) is 6.80. The first-order chi connectivity index (χ1) is 13.8. The molecule has 4 heteroatoms. The summed E-state index contributed by atoms with van der Waals surface area (Å²) >= 11 is 0. The quantitative estimate of drug-likeness (QED) is 0.482. The van der Waals surface area contributed by atoms with E-state index >= 15 is 0 Å². The summed E-state index contributed by atoms with van der Waals surface area (Å²) in [5, 5.41) is 0. The van der Waals surface area contributed by atoms with Gasteiger partial charge in [-0.2, -0.15) is 0 Å². The van der Waals surface area contributed by atoms with Crippen LogP contribution in [0.3, 0.4) is 0 Å². The van der Waals surface area contributed by atoms with Crippen LogP contribution in [-0.4, -0.2) is 36.3 Å². The number of benzene rings is 3. The maximum Gasteiger partial charge on any atom is 0.410 e. The molecule has 2 fully saturated rings. The van der Waals surface area contributed by atoms with Crippen LogP contribution in [0.4, 0.5) is 4.79 Å². The Morgan fingerprint density at radius 2 is 1.29 bits per heavy atom. The maximum atomic E-state index is 11.8. The molecule has 0 spiro atoms. The van der Waals surface area contributed by atoms with E-state index in [-0.39, 0.29) is 18.2 Å². The van der Waals surface area contributed by atoms with Crippen molar-refractivity contribution in [1.82, 2.24) is 4.90 Å². The molecule has 3 aromatic rings. The molecular weight excluding hydrogens is 350 g/mol. The van der Waals surface area contributed by atoms with Gasteiger partial charge in [-0.3, -0.25) is 4.90 Å². The predicted octanol–water partition coefficient (Wildman–Crippen LogP) is 4.20. The van der Waals surface area contributed by atoms with Crippen molar-refractivity contribution in [1.29, 1.82) is 0 Å². The number of hydrogen-bond donors (Lipinski definition) is 0. The van der Waals surface area contributed by atoms with Crippen molar-refractivity contribution >= 4 is 6.09 Å². The van der Waals surface area contributed by atoms with Gasteiger partial charge in [0.15, 0.2) is 0 Å². The standard InChI is InChI=1S/C24H21NO3/c26-23-25-16-21(25)22(28-23)17-27-24(18-10-4-1-5-11-18,19-12-6-2-7-13-19)20-14-8-3-9-15-20/h1-15,21-22H,16-17H2. The SMILES string of the molecule is O=C1OC(COC(c2ccccc2)(c2ccccc2)c2ccccc2)C2CN12. The number of nitrogens with zero attached hydrogens (tertiary/aromatic N) is 1. The Labute approximate surface area is 164 Å². The Hall–Kier alpha value is -3.11. The molecule has 0 saturated carbocycles. The highest BCUT2D eigenvalue weighted by molar-refractivity contribution is 5.74. The molecule has 2 aliphatic heterocycles. The van der Waals surface area contributed by atoms with Crippen LogP contribution in [0.2, 0.25) is 0 Å². The lowest BCUT2D eigenvalue weighted by Gasteiger charge is -2.36. The van der Waals surface area contributed by atoms with Crippen molar-refractivity contribution < 1.29 is 14.3 Å². The average molecular weight is 371 g/mol. The average Bonchev–Trinajstić information content (AvgIpc) is 3.51. The first-order valence-electron chi connectivity index (χ1n) is 9.57. The summed E-state index contributed by atoms with van der Waals surface area (Å²) < 4.78 is 12.2. The minimum Gasteiger partial charge on any atom is -0.441 e. The fourth-order valence-electron chi connectivity index (χ4n) is 4.08. The van der Waals surface area contributed by atoms with Crippen LogP contribution in [0.1, 0.15) is 16.7 Å². The molecule has 1 amide bonds. The van der Waals surface area contributed by atoms with E-state index in [4.69, 9.17) is 9.47 Å². The largest absolute Gasteiger partial charge is 0.441 e. The second-order valence-electron chi connectivity index (χ2n) is 7.23. The van der Waals surface area contributed by atoms with E-state index in [2.05, 4.69) is 36.4 Å². The molecule has 0 aromatic heterocycles. The normalized spacial score (nSPS) is 20.6. The summed E-state index contributed by atoms with van der Waals surface area (Å²) in [4.78, 5) is 13.5. The summed E-state index contributed by atoms with van der Waals surface area (Å²) in [6, 6.07) is 30.8. The highest BCUT2D eigenvalue weighted by Gasteiger charge is 2.54. The van der Waals surface area contributed by atoms with E-state index in [1.54, 1.807) is 4.90 Å². The van der Waals surface area contributed by atoms with Gasteiger partial charge >= 0.3 is 6.09 Å². The molecule has 0 N–H and O–H groups in total. The van der Waals surface area contributed by atoms with Gasteiger partial charge in [-0.25, -0.2) is 4.79 Å². The van der Waals surface area contributed by atoms with Gasteiger partial charge in [0.05, 0.1) is 12.6 Å². The highest BCUT2D eigenvalue weighted by Crippen LogP contribution is 2.42. The van der Waals surface area contributed by atoms with Crippen molar-refractivity contribution in [2.75, 3.05) is 13.2 Å². The number of cyclic esters (lactones) is 1. The fraction of sp³-hybridized carbons (Fsp3) is 0.208. The molecule has 3 aromatic carbocycles. The molecule has 140 valence electrons. The van der Waals surface area contributed by atoms with E-state index in [1.165, 1.54) is 0 Å². The summed E-state index contributed by atoms with van der Waals surface area (Å²) in [6.45, 7) is 1.10. The third-order valence-electron chi connectivity index (χ3n) is 5.57. The number of carbonyl (C=O) groups excluding carboxylic acids is 1. The minimum atomic E-state index is -0.779. The van der Waals surface area contributed by atoms with E-state index in [9.17, 15) is 4.79 Å². The molecule has 28 heavy (non-hydrogen) atoms. The summed E-state index contributed by atoms with van der Waals surface area (Å²) in [6.07, 6.45) is -0.466. The van der Waals surface area contributed by atoms with Gasteiger partial charge in [-0.05, 0) is 16.7 Å². The predicted molar refractivity (Wildman–Crippen MR) is 106 cm³/mol. The fourth-order valence-corrected chi connectivity index (χ4v) is 4.08. The maximum absolute atomic E-state index is 11.8. The Bertz CT molecular complexity index is 862. The minimum absolute atomic E-state index is 0.146. The van der Waals surface area contributed by atoms with Gasteiger partial charge in [0.1, 0.15) is 11.7 Å². The first-order valence-corrected chi connectivity index (χ1v) is 9.57. The zero-order valence-electron chi connectivity index (χ0n) is 15.4. The van der Waals surface area contributed by atoms with E-state index in [0.29, 0.717) is 6.61 Å². The van der Waals surface area contributed by atoms with E-state index < -0.39 is 5.60 Å². The molecule has 2 saturated heterocycles. The van der Waals surface area contributed by atoms with Crippen molar-refractivity contribution in [3.05, 3.63) is 108 Å². The molecule has 4 nitrogen and oxygen atoms in total. The van der Waals surface area contributed by atoms with Crippen molar-refractivity contribution in [2.45, 2.75) is 17.7 Å². The Morgan fingerprint density at radius 1 is 0.821 bits per heavy atom. The van der Waals surface area contributed by atoms with Crippen molar-refractivity contribution in [2.24, 2.45) is 0 Å². The summed E-state index contributed by atoms with van der Waals surface area (Å²) in [7, 11) is 0. The van der Waals surface area contributed by atoms with Crippen molar-refractivity contribution in [3.8, 4) is 0 Å². The van der Waals surface area contributed by atoms with E-state index in [0.717, 1.165) is 23.2 Å². The Kier molecular flexibility index (Phi) is 4.14. The molecule has 5 rings (SSSR count). The topological polar surface area (TPSA) is 38.5 Å². The Balaban J connectivity index is 1.61. The molecule has 2 atom stereocenters. The van der Waals surface area contributed by atoms with Crippen LogP contribution in [0.5, 0.6) is 0 Å². The van der Waals surface area contributed by atoms with E-state index in [1.807, 2.05) is 54.6 Å². The van der Waals surface area contributed by atoms with Crippen LogP contribution >= 0.6 is 0 Å². The number of carbonyl (C=O) groups is 1. The lowest BCUT2D eigenvalue weighted by atomic mass is 9.80. The molecule has 2 unspecified atom stereocenters. The number of hydrogen-bond acceptors (Lipinski definition) is 3. The Morgan fingerprint density at radius 3 is 1.64 bits per heavy atom. The molecule has 0 radical (unpaired) electrons. The van der Waals surface area contributed by atoms with Crippen molar-refractivity contribution in [3.63, 3.8) is 0 Å². The number of ether oxygens (including phenoxy) is 2. The molecule has 2 aliphatic rings. The van der Waals surface area contributed by atoms with Crippen LogP contribution in [0, 0.1) is 0 Å². The summed E-state index contributed by atoms with van der Waals surface area (Å²) in [5.41, 5.74) is 2.36. The van der Waals surface area contributed by atoms with Crippen LogP contribution in [0.15, 0.2) is 91.0 Å². The third-order valence-corrected chi connectivity index (χ3v) is 5.57. The molecule has 0 bridgehead atoms. The third kappa shape index (κ3) is 2.77. The lowest BCUT2D eigenvalue weighted by Crippen LogP contribution is -2.37. The van der Waals surface area contributed by atoms with Gasteiger partial charge in [-0.1, -0.05) is 91.0 Å². The monoisotopic (exact) mass is 371 g/mol. The van der Waals surface area contributed by atoms with Gasteiger partial charge < -0.3 is 9.47 Å². The lowest BCUT2D eigenvalue weighted by molar-refractivity contribution is -0.0340. The number of rotatable bonds is 6. The molecule has 2 heterocycles. The highest BCUT2D eigenvalue weighted by atomic mass is 16.6. The zero-order valence-corrected chi connectivity index (χ0v) is 15.4. The van der Waals surface area contributed by atoms with Gasteiger partial charge in [0.2, 0.25) is 0 Å². The van der Waals surface area contributed by atoms with Gasteiger partial charge in [-0.15, -0.1) is 0 Å². The van der Waals surface area contributed by atoms with Crippen LogP contribution in [0.25, 0.3) is 0 Å².